The van der Waals surface area contributed by atoms with Gasteiger partial charge in [-0.1, -0.05) is 11.6 Å². The summed E-state index contributed by atoms with van der Waals surface area (Å²) in [5, 5.41) is 3.44. The second-order valence-electron chi connectivity index (χ2n) is 3.01. The van der Waals surface area contributed by atoms with Gasteiger partial charge >= 0.3 is 0 Å². The molecule has 1 rings (SSSR count). The Kier molecular flexibility index (Phi) is 3.92. The summed E-state index contributed by atoms with van der Waals surface area (Å²) < 4.78 is 0. The molecule has 0 radical (unpaired) electrons. The first-order chi connectivity index (χ1) is 6.65. The van der Waals surface area contributed by atoms with Crippen LogP contribution in [0.5, 0.6) is 0 Å². The molecule has 0 atom stereocenters. The molecule has 1 aromatic carbocycles. The molecule has 0 spiro atoms. The number of nitrogens with one attached hydrogen (secondary N) is 1. The standard InChI is InChI=1S/C10H13ClN2O/c1-13-5-4-10(14)8-6-7(11)2-3-9(8)12/h2-3,6,13H,4-5,12H2,1H3. The Morgan fingerprint density at radius 1 is 1.57 bits per heavy atom. The van der Waals surface area contributed by atoms with E-state index in [0.717, 1.165) is 0 Å². The molecule has 0 unspecified atom stereocenters. The highest BCUT2D eigenvalue weighted by molar-refractivity contribution is 6.31. The van der Waals surface area contributed by atoms with E-state index in [-0.39, 0.29) is 5.78 Å². The molecule has 0 saturated heterocycles. The minimum Gasteiger partial charge on any atom is -0.398 e. The van der Waals surface area contributed by atoms with E-state index in [9.17, 15) is 4.79 Å². The number of nitrogens with two attached hydrogens (primary N) is 1. The Hall–Kier alpha value is -1.06. The number of Topliss-reactive ketones (excluding diaryl/α,β-unsaturated/α-hetero) is 1. The normalized spacial score (nSPS) is 10.1. The van der Waals surface area contributed by atoms with Gasteiger partial charge in [0.15, 0.2) is 5.78 Å². The predicted molar refractivity (Wildman–Crippen MR) is 58.7 cm³/mol. The lowest BCUT2D eigenvalue weighted by Gasteiger charge is -2.04. The second kappa shape index (κ2) is 4.98. The van der Waals surface area contributed by atoms with E-state index in [4.69, 9.17) is 17.3 Å². The molecule has 1 aromatic rings. The molecule has 76 valence electrons. The molecule has 0 amide bonds. The lowest BCUT2D eigenvalue weighted by Crippen LogP contribution is -2.14. The van der Waals surface area contributed by atoms with Crippen LogP contribution in [0.15, 0.2) is 18.2 Å². The monoisotopic (exact) mass is 212 g/mol. The smallest absolute Gasteiger partial charge is 0.166 e. The van der Waals surface area contributed by atoms with Crippen molar-refractivity contribution in [1.29, 1.82) is 0 Å². The Labute approximate surface area is 88.2 Å². The van der Waals surface area contributed by atoms with Gasteiger partial charge in [0.1, 0.15) is 0 Å². The van der Waals surface area contributed by atoms with Gasteiger partial charge in [0.25, 0.3) is 0 Å². The average Bonchev–Trinajstić information content (AvgIpc) is 2.18. The topological polar surface area (TPSA) is 55.1 Å². The number of carbonyl (C=O) groups is 1. The Morgan fingerprint density at radius 2 is 2.29 bits per heavy atom. The van der Waals surface area contributed by atoms with E-state index >= 15 is 0 Å². The number of carbonyl (C=O) groups excluding carboxylic acids is 1. The molecule has 4 heteroatoms. The van der Waals surface area contributed by atoms with Crippen LogP contribution >= 0.6 is 11.6 Å². The highest BCUT2D eigenvalue weighted by Gasteiger charge is 2.09. The van der Waals surface area contributed by atoms with Crippen LogP contribution in [0, 0.1) is 0 Å². The van der Waals surface area contributed by atoms with Crippen molar-refractivity contribution in [3.05, 3.63) is 28.8 Å². The summed E-state index contributed by atoms with van der Waals surface area (Å²) >= 11 is 5.77. The zero-order valence-corrected chi connectivity index (χ0v) is 8.77. The van der Waals surface area contributed by atoms with Crippen LogP contribution in [0.25, 0.3) is 0 Å². The average molecular weight is 213 g/mol. The maximum Gasteiger partial charge on any atom is 0.166 e. The van der Waals surface area contributed by atoms with Crippen LogP contribution in [-0.4, -0.2) is 19.4 Å². The zero-order valence-electron chi connectivity index (χ0n) is 8.01. The molecule has 0 bridgehead atoms. The first-order valence-electron chi connectivity index (χ1n) is 4.38. The van der Waals surface area contributed by atoms with Crippen molar-refractivity contribution >= 4 is 23.1 Å². The molecule has 0 saturated carbocycles. The highest BCUT2D eigenvalue weighted by atomic mass is 35.5. The molecule has 0 aliphatic heterocycles. The van der Waals surface area contributed by atoms with Gasteiger partial charge in [-0.2, -0.15) is 0 Å². The van der Waals surface area contributed by atoms with Crippen LogP contribution < -0.4 is 11.1 Å². The molecule has 0 fully saturated rings. The van der Waals surface area contributed by atoms with Crippen molar-refractivity contribution in [1.82, 2.24) is 5.32 Å². The fraction of sp³-hybridized carbons (Fsp3) is 0.300. The van der Waals surface area contributed by atoms with Crippen molar-refractivity contribution in [2.45, 2.75) is 6.42 Å². The summed E-state index contributed by atoms with van der Waals surface area (Å²) in [5.41, 5.74) is 6.65. The molecule has 3 nitrogen and oxygen atoms in total. The summed E-state index contributed by atoms with van der Waals surface area (Å²) in [6.07, 6.45) is 0.432. The lowest BCUT2D eigenvalue weighted by atomic mass is 10.1. The van der Waals surface area contributed by atoms with E-state index < -0.39 is 0 Å². The molecule has 0 aliphatic carbocycles. The van der Waals surface area contributed by atoms with Crippen LogP contribution in [0.3, 0.4) is 0 Å². The first-order valence-corrected chi connectivity index (χ1v) is 4.75. The first kappa shape index (κ1) is 11.0. The molecule has 0 aromatic heterocycles. The van der Waals surface area contributed by atoms with Crippen molar-refractivity contribution in [2.75, 3.05) is 19.3 Å². The van der Waals surface area contributed by atoms with E-state index in [2.05, 4.69) is 5.32 Å². The predicted octanol–water partition coefficient (Wildman–Crippen LogP) is 1.71. The van der Waals surface area contributed by atoms with Crippen molar-refractivity contribution in [2.24, 2.45) is 0 Å². The van der Waals surface area contributed by atoms with Crippen molar-refractivity contribution < 1.29 is 4.79 Å². The van der Waals surface area contributed by atoms with Gasteiger partial charge < -0.3 is 11.1 Å². The Bertz CT molecular complexity index is 339. The van der Waals surface area contributed by atoms with Crippen LogP contribution in [0.1, 0.15) is 16.8 Å². The number of rotatable bonds is 4. The van der Waals surface area contributed by atoms with Crippen molar-refractivity contribution in [3.8, 4) is 0 Å². The largest absolute Gasteiger partial charge is 0.398 e. The van der Waals surface area contributed by atoms with E-state index in [0.29, 0.717) is 29.2 Å². The number of nitrogen functional groups attached to an aromatic ring is 1. The van der Waals surface area contributed by atoms with Crippen molar-refractivity contribution in [3.63, 3.8) is 0 Å². The summed E-state index contributed by atoms with van der Waals surface area (Å²) in [5.74, 6) is 0.0133. The lowest BCUT2D eigenvalue weighted by molar-refractivity contribution is 0.0984. The zero-order chi connectivity index (χ0) is 10.6. The Balaban J connectivity index is 2.83. The number of ketones is 1. The fourth-order valence-corrected chi connectivity index (χ4v) is 1.32. The minimum absolute atomic E-state index is 0.0133. The maximum absolute atomic E-state index is 11.6. The summed E-state index contributed by atoms with van der Waals surface area (Å²) in [7, 11) is 1.80. The summed E-state index contributed by atoms with van der Waals surface area (Å²) in [6.45, 7) is 0.644. The van der Waals surface area contributed by atoms with Gasteiger partial charge in [-0.3, -0.25) is 4.79 Å². The number of hydrogen-bond acceptors (Lipinski definition) is 3. The van der Waals surface area contributed by atoms with Gasteiger partial charge in [-0.15, -0.1) is 0 Å². The number of hydrogen-bond donors (Lipinski definition) is 2. The number of anilines is 1. The summed E-state index contributed by atoms with van der Waals surface area (Å²) in [4.78, 5) is 11.6. The van der Waals surface area contributed by atoms with E-state index in [1.54, 1.807) is 25.2 Å². The van der Waals surface area contributed by atoms with E-state index in [1.807, 2.05) is 0 Å². The van der Waals surface area contributed by atoms with Gasteiger partial charge in [0, 0.05) is 29.2 Å². The number of benzene rings is 1. The quantitative estimate of drug-likeness (QED) is 0.590. The third-order valence-electron chi connectivity index (χ3n) is 1.92. The molecule has 3 N–H and O–H groups in total. The van der Waals surface area contributed by atoms with Gasteiger partial charge in [-0.05, 0) is 25.2 Å². The molecule has 14 heavy (non-hydrogen) atoms. The third-order valence-corrected chi connectivity index (χ3v) is 2.15. The Morgan fingerprint density at radius 3 is 2.93 bits per heavy atom. The number of halogens is 1. The molecular weight excluding hydrogens is 200 g/mol. The second-order valence-corrected chi connectivity index (χ2v) is 3.44. The fourth-order valence-electron chi connectivity index (χ4n) is 1.14. The van der Waals surface area contributed by atoms with E-state index in [1.165, 1.54) is 0 Å². The summed E-state index contributed by atoms with van der Waals surface area (Å²) in [6, 6.07) is 4.93. The minimum atomic E-state index is 0.0133. The third kappa shape index (κ3) is 2.72. The van der Waals surface area contributed by atoms with Gasteiger partial charge in [-0.25, -0.2) is 0 Å². The maximum atomic E-state index is 11.6. The van der Waals surface area contributed by atoms with Crippen LogP contribution in [0.4, 0.5) is 5.69 Å². The molecule has 0 aliphatic rings. The SMILES string of the molecule is CNCCC(=O)c1cc(Cl)ccc1N. The molecular formula is C10H13ClN2O. The van der Waals surface area contributed by atoms with Crippen LogP contribution in [-0.2, 0) is 0 Å². The highest BCUT2D eigenvalue weighted by Crippen LogP contribution is 2.19. The molecule has 0 heterocycles. The van der Waals surface area contributed by atoms with Crippen LogP contribution in [0.2, 0.25) is 5.02 Å². The van der Waals surface area contributed by atoms with Gasteiger partial charge in [0.2, 0.25) is 0 Å². The van der Waals surface area contributed by atoms with Gasteiger partial charge in [0.05, 0.1) is 0 Å².